The van der Waals surface area contributed by atoms with E-state index in [1.165, 1.54) is 6.20 Å². The van der Waals surface area contributed by atoms with Gasteiger partial charge in [-0.25, -0.2) is 4.98 Å². The van der Waals surface area contributed by atoms with Gasteiger partial charge in [-0.3, -0.25) is 14.9 Å². The molecular formula is C11H10N4O4. The minimum atomic E-state index is -0.679. The summed E-state index contributed by atoms with van der Waals surface area (Å²) in [5.41, 5.74) is -0.564. The summed E-state index contributed by atoms with van der Waals surface area (Å²) in [4.78, 5) is 28.7. The monoisotopic (exact) mass is 262 g/mol. The second kappa shape index (κ2) is 5.17. The topological polar surface area (TPSA) is 121 Å². The molecule has 8 nitrogen and oxygen atoms in total. The minimum absolute atomic E-state index is 0.110. The lowest BCUT2D eigenvalue weighted by Gasteiger charge is -2.04. The molecule has 0 aliphatic rings. The summed E-state index contributed by atoms with van der Waals surface area (Å²) >= 11 is 0. The fraction of sp³-hybridized carbons (Fsp3) is 0.0909. The SMILES string of the molecule is O=C(NCc1ncc[nH]1)c1cc(O)ccc1[N+](=O)[O-]. The van der Waals surface area contributed by atoms with Crippen LogP contribution in [0.15, 0.2) is 30.6 Å². The second-order valence-corrected chi connectivity index (χ2v) is 3.68. The first-order chi connectivity index (χ1) is 9.08. The molecule has 0 spiro atoms. The highest BCUT2D eigenvalue weighted by Gasteiger charge is 2.20. The summed E-state index contributed by atoms with van der Waals surface area (Å²) in [7, 11) is 0. The molecule has 1 aromatic heterocycles. The van der Waals surface area contributed by atoms with Gasteiger partial charge < -0.3 is 15.4 Å². The van der Waals surface area contributed by atoms with Crippen molar-refractivity contribution in [3.63, 3.8) is 0 Å². The van der Waals surface area contributed by atoms with Gasteiger partial charge in [0.2, 0.25) is 0 Å². The summed E-state index contributed by atoms with van der Waals surface area (Å²) < 4.78 is 0. The van der Waals surface area contributed by atoms with Crippen LogP contribution in [0.25, 0.3) is 0 Å². The van der Waals surface area contributed by atoms with Crippen molar-refractivity contribution in [3.8, 4) is 5.75 Å². The molecule has 2 aromatic rings. The number of phenolic OH excluding ortho intramolecular Hbond substituents is 1. The number of carbonyl (C=O) groups excluding carboxylic acids is 1. The molecule has 1 amide bonds. The normalized spacial score (nSPS) is 10.1. The highest BCUT2D eigenvalue weighted by Crippen LogP contribution is 2.23. The summed E-state index contributed by atoms with van der Waals surface area (Å²) in [5, 5.41) is 22.6. The number of nitrogens with zero attached hydrogens (tertiary/aromatic N) is 2. The van der Waals surface area contributed by atoms with Gasteiger partial charge in [0.25, 0.3) is 11.6 Å². The summed E-state index contributed by atoms with van der Waals surface area (Å²) in [6, 6.07) is 3.29. The van der Waals surface area contributed by atoms with Gasteiger partial charge in [0.1, 0.15) is 17.1 Å². The Bertz CT molecular complexity index is 609. The molecule has 0 atom stereocenters. The van der Waals surface area contributed by atoms with E-state index in [-0.39, 0.29) is 23.5 Å². The highest BCUT2D eigenvalue weighted by atomic mass is 16.6. The van der Waals surface area contributed by atoms with Gasteiger partial charge in [-0.15, -0.1) is 0 Å². The third-order valence-electron chi connectivity index (χ3n) is 2.39. The van der Waals surface area contributed by atoms with Crippen LogP contribution < -0.4 is 5.32 Å². The van der Waals surface area contributed by atoms with Crippen LogP contribution in [-0.4, -0.2) is 25.9 Å². The molecule has 0 saturated heterocycles. The number of H-pyrrole nitrogens is 1. The second-order valence-electron chi connectivity index (χ2n) is 3.68. The largest absolute Gasteiger partial charge is 0.508 e. The smallest absolute Gasteiger partial charge is 0.282 e. The van der Waals surface area contributed by atoms with Crippen LogP contribution in [-0.2, 0) is 6.54 Å². The number of rotatable bonds is 4. The zero-order valence-corrected chi connectivity index (χ0v) is 9.66. The fourth-order valence-electron chi connectivity index (χ4n) is 1.52. The Labute approximate surface area is 107 Å². The Morgan fingerprint density at radius 2 is 2.32 bits per heavy atom. The third kappa shape index (κ3) is 2.86. The number of nitro benzene ring substituents is 1. The number of aromatic nitrogens is 2. The van der Waals surface area contributed by atoms with Crippen molar-refractivity contribution in [2.24, 2.45) is 0 Å². The van der Waals surface area contributed by atoms with E-state index in [9.17, 15) is 20.0 Å². The average molecular weight is 262 g/mol. The van der Waals surface area contributed by atoms with Gasteiger partial charge in [0.05, 0.1) is 11.5 Å². The highest BCUT2D eigenvalue weighted by molar-refractivity contribution is 5.98. The summed E-state index contributed by atoms with van der Waals surface area (Å²) in [5.74, 6) is -0.344. The maximum absolute atomic E-state index is 11.8. The lowest BCUT2D eigenvalue weighted by Crippen LogP contribution is -2.24. The first kappa shape index (κ1) is 12.6. The van der Waals surface area contributed by atoms with E-state index < -0.39 is 10.8 Å². The van der Waals surface area contributed by atoms with Gasteiger partial charge in [-0.05, 0) is 12.1 Å². The molecule has 0 aliphatic carbocycles. The van der Waals surface area contributed by atoms with Crippen molar-refractivity contribution >= 4 is 11.6 Å². The lowest BCUT2D eigenvalue weighted by molar-refractivity contribution is -0.385. The molecule has 19 heavy (non-hydrogen) atoms. The van der Waals surface area contributed by atoms with Gasteiger partial charge in [-0.2, -0.15) is 0 Å². The van der Waals surface area contributed by atoms with Crippen LogP contribution >= 0.6 is 0 Å². The number of phenols is 1. The Morgan fingerprint density at radius 3 is 2.95 bits per heavy atom. The maximum Gasteiger partial charge on any atom is 0.282 e. The van der Waals surface area contributed by atoms with Crippen LogP contribution in [0.3, 0.4) is 0 Å². The van der Waals surface area contributed by atoms with Crippen LogP contribution in [0.2, 0.25) is 0 Å². The summed E-state index contributed by atoms with van der Waals surface area (Å²) in [6.07, 6.45) is 3.12. The van der Waals surface area contributed by atoms with Gasteiger partial charge in [0, 0.05) is 18.5 Å². The van der Waals surface area contributed by atoms with Crippen molar-refractivity contribution < 1.29 is 14.8 Å². The van der Waals surface area contributed by atoms with Crippen molar-refractivity contribution in [2.75, 3.05) is 0 Å². The van der Waals surface area contributed by atoms with Gasteiger partial charge in [0.15, 0.2) is 0 Å². The molecular weight excluding hydrogens is 252 g/mol. The predicted octanol–water partition coefficient (Wildman–Crippen LogP) is 0.953. The molecule has 2 rings (SSSR count). The molecule has 0 fully saturated rings. The van der Waals surface area contributed by atoms with Gasteiger partial charge in [-0.1, -0.05) is 0 Å². The first-order valence-corrected chi connectivity index (χ1v) is 5.32. The number of hydrogen-bond donors (Lipinski definition) is 3. The van der Waals surface area contributed by atoms with Crippen LogP contribution in [0.5, 0.6) is 5.75 Å². The molecule has 98 valence electrons. The fourth-order valence-corrected chi connectivity index (χ4v) is 1.52. The van der Waals surface area contributed by atoms with Crippen molar-refractivity contribution in [1.29, 1.82) is 0 Å². The number of nitrogens with one attached hydrogen (secondary N) is 2. The maximum atomic E-state index is 11.8. The average Bonchev–Trinajstić information content (AvgIpc) is 2.88. The van der Waals surface area contributed by atoms with Crippen LogP contribution in [0.4, 0.5) is 5.69 Å². The lowest BCUT2D eigenvalue weighted by atomic mass is 10.1. The molecule has 0 aliphatic heterocycles. The predicted molar refractivity (Wildman–Crippen MR) is 64.5 cm³/mol. The number of carbonyl (C=O) groups is 1. The molecule has 0 radical (unpaired) electrons. The Balaban J connectivity index is 2.18. The van der Waals surface area contributed by atoms with Crippen molar-refractivity contribution in [3.05, 3.63) is 52.1 Å². The molecule has 8 heteroatoms. The number of nitro groups is 1. The Morgan fingerprint density at radius 1 is 1.53 bits per heavy atom. The molecule has 0 bridgehead atoms. The van der Waals surface area contributed by atoms with Crippen molar-refractivity contribution in [2.45, 2.75) is 6.54 Å². The Hall–Kier alpha value is -2.90. The molecule has 0 unspecified atom stereocenters. The molecule has 0 saturated carbocycles. The Kier molecular flexibility index (Phi) is 3.42. The minimum Gasteiger partial charge on any atom is -0.508 e. The standard InChI is InChI=1S/C11H10N4O4/c16-7-1-2-9(15(18)19)8(5-7)11(17)14-6-10-12-3-4-13-10/h1-5,16H,6H2,(H,12,13)(H,14,17). The van der Waals surface area contributed by atoms with Crippen molar-refractivity contribution in [1.82, 2.24) is 15.3 Å². The van der Waals surface area contributed by atoms with E-state index in [0.29, 0.717) is 5.82 Å². The van der Waals surface area contributed by atoms with Crippen LogP contribution in [0.1, 0.15) is 16.2 Å². The summed E-state index contributed by atoms with van der Waals surface area (Å²) in [6.45, 7) is 0.110. The molecule has 3 N–H and O–H groups in total. The van der Waals surface area contributed by atoms with E-state index >= 15 is 0 Å². The zero-order valence-electron chi connectivity index (χ0n) is 9.66. The number of aromatic amines is 1. The quantitative estimate of drug-likeness (QED) is 0.559. The third-order valence-corrected chi connectivity index (χ3v) is 2.39. The number of aromatic hydroxyl groups is 1. The zero-order chi connectivity index (χ0) is 13.8. The first-order valence-electron chi connectivity index (χ1n) is 5.32. The number of imidazole rings is 1. The van der Waals surface area contributed by atoms with E-state index in [1.807, 2.05) is 0 Å². The van der Waals surface area contributed by atoms with E-state index in [4.69, 9.17) is 0 Å². The van der Waals surface area contributed by atoms with E-state index in [1.54, 1.807) is 6.20 Å². The number of hydrogen-bond acceptors (Lipinski definition) is 5. The van der Waals surface area contributed by atoms with E-state index in [2.05, 4.69) is 15.3 Å². The van der Waals surface area contributed by atoms with Gasteiger partial charge >= 0.3 is 0 Å². The molecule has 1 aromatic carbocycles. The van der Waals surface area contributed by atoms with E-state index in [0.717, 1.165) is 18.2 Å². The van der Waals surface area contributed by atoms with Crippen LogP contribution in [0, 0.1) is 10.1 Å². The molecule has 1 heterocycles. The number of benzene rings is 1. The number of amides is 1.